The summed E-state index contributed by atoms with van der Waals surface area (Å²) in [6, 6.07) is 0. The van der Waals surface area contributed by atoms with Gasteiger partial charge in [-0.2, -0.15) is 0 Å². The van der Waals surface area contributed by atoms with Crippen molar-refractivity contribution in [2.75, 3.05) is 19.7 Å². The topological polar surface area (TPSA) is 73.6 Å². The molecule has 0 aliphatic carbocycles. The first-order valence-corrected chi connectivity index (χ1v) is 6.69. The maximum Gasteiger partial charge on any atom is 0.227 e. The van der Waals surface area contributed by atoms with E-state index >= 15 is 0 Å². The van der Waals surface area contributed by atoms with Gasteiger partial charge in [-0.25, -0.2) is 0 Å². The number of carbonyl (C=O) groups is 1. The molecule has 106 valence electrons. The third-order valence-corrected chi connectivity index (χ3v) is 3.78. The molecule has 0 bridgehead atoms. The molecule has 18 heavy (non-hydrogen) atoms. The zero-order valence-electron chi connectivity index (χ0n) is 11.9. The Balaban J connectivity index is 2.46. The van der Waals surface area contributed by atoms with Gasteiger partial charge in [-0.3, -0.25) is 4.79 Å². The summed E-state index contributed by atoms with van der Waals surface area (Å²) in [6.45, 7) is 9.10. The van der Waals surface area contributed by atoms with Crippen LogP contribution in [-0.2, 0) is 14.3 Å². The number of hydrogen-bond acceptors (Lipinski definition) is 4. The number of nitrogens with one attached hydrogen (secondary N) is 1. The van der Waals surface area contributed by atoms with Gasteiger partial charge in [0.2, 0.25) is 5.91 Å². The van der Waals surface area contributed by atoms with Crippen molar-refractivity contribution in [1.29, 1.82) is 0 Å². The van der Waals surface area contributed by atoms with Gasteiger partial charge in [0.05, 0.1) is 12.0 Å². The molecule has 0 aromatic heterocycles. The average molecular weight is 258 g/mol. The Hall–Kier alpha value is -0.650. The standard InChI is InChI=1S/C13H26N2O3/c1-5-13(6-2,9-14)11(16)15-7-10-8-17-12(3,4)18-10/h10H,5-9,14H2,1-4H3,(H,15,16). The predicted molar refractivity (Wildman–Crippen MR) is 70.0 cm³/mol. The van der Waals surface area contributed by atoms with Gasteiger partial charge in [0.1, 0.15) is 6.10 Å². The Morgan fingerprint density at radius 1 is 1.44 bits per heavy atom. The van der Waals surface area contributed by atoms with E-state index in [1.54, 1.807) is 0 Å². The monoisotopic (exact) mass is 258 g/mol. The van der Waals surface area contributed by atoms with Gasteiger partial charge in [0.15, 0.2) is 5.79 Å². The van der Waals surface area contributed by atoms with Gasteiger partial charge >= 0.3 is 0 Å². The molecule has 1 aliphatic rings. The second-order valence-electron chi connectivity index (χ2n) is 5.35. The lowest BCUT2D eigenvalue weighted by molar-refractivity contribution is -0.141. The van der Waals surface area contributed by atoms with Crippen molar-refractivity contribution in [3.05, 3.63) is 0 Å². The summed E-state index contributed by atoms with van der Waals surface area (Å²) in [4.78, 5) is 12.2. The zero-order valence-corrected chi connectivity index (χ0v) is 11.9. The van der Waals surface area contributed by atoms with Crippen molar-refractivity contribution < 1.29 is 14.3 Å². The van der Waals surface area contributed by atoms with Crippen LogP contribution in [0.4, 0.5) is 0 Å². The van der Waals surface area contributed by atoms with Crippen molar-refractivity contribution >= 4 is 5.91 Å². The van der Waals surface area contributed by atoms with E-state index in [4.69, 9.17) is 15.2 Å². The third kappa shape index (κ3) is 3.43. The molecule has 0 aromatic rings. The molecule has 1 aliphatic heterocycles. The Morgan fingerprint density at radius 3 is 2.44 bits per heavy atom. The fourth-order valence-electron chi connectivity index (χ4n) is 2.21. The van der Waals surface area contributed by atoms with E-state index in [0.717, 1.165) is 12.8 Å². The molecule has 0 radical (unpaired) electrons. The van der Waals surface area contributed by atoms with E-state index in [9.17, 15) is 4.79 Å². The number of amides is 1. The number of carbonyl (C=O) groups excluding carboxylic acids is 1. The minimum Gasteiger partial charge on any atom is -0.353 e. The van der Waals surface area contributed by atoms with Crippen molar-refractivity contribution in [2.24, 2.45) is 11.1 Å². The van der Waals surface area contributed by atoms with Crippen molar-refractivity contribution in [3.63, 3.8) is 0 Å². The van der Waals surface area contributed by atoms with E-state index in [1.165, 1.54) is 0 Å². The molecule has 1 saturated heterocycles. The Kier molecular flexibility index (Phi) is 5.13. The molecular formula is C13H26N2O3. The summed E-state index contributed by atoms with van der Waals surface area (Å²) in [6.07, 6.45) is 1.42. The number of hydrogen-bond donors (Lipinski definition) is 2. The second kappa shape index (κ2) is 5.99. The largest absolute Gasteiger partial charge is 0.353 e. The molecule has 1 amide bonds. The van der Waals surface area contributed by atoms with Gasteiger partial charge < -0.3 is 20.5 Å². The Bertz CT molecular complexity index is 280. The molecule has 0 saturated carbocycles. The van der Waals surface area contributed by atoms with Crippen LogP contribution in [0.3, 0.4) is 0 Å². The molecule has 1 fully saturated rings. The summed E-state index contributed by atoms with van der Waals surface area (Å²) in [7, 11) is 0. The van der Waals surface area contributed by atoms with Crippen LogP contribution < -0.4 is 11.1 Å². The van der Waals surface area contributed by atoms with Crippen LogP contribution in [0.1, 0.15) is 40.5 Å². The highest BCUT2D eigenvalue weighted by molar-refractivity contribution is 5.82. The van der Waals surface area contributed by atoms with Gasteiger partial charge in [-0.15, -0.1) is 0 Å². The molecule has 1 rings (SSSR count). The molecule has 0 spiro atoms. The number of rotatable bonds is 6. The van der Waals surface area contributed by atoms with Crippen molar-refractivity contribution in [2.45, 2.75) is 52.4 Å². The average Bonchev–Trinajstić information content (AvgIpc) is 2.69. The Morgan fingerprint density at radius 2 is 2.06 bits per heavy atom. The van der Waals surface area contributed by atoms with E-state index < -0.39 is 11.2 Å². The maximum absolute atomic E-state index is 12.2. The second-order valence-corrected chi connectivity index (χ2v) is 5.35. The number of nitrogens with two attached hydrogens (primary N) is 1. The lowest BCUT2D eigenvalue weighted by Gasteiger charge is -2.29. The fourth-order valence-corrected chi connectivity index (χ4v) is 2.21. The van der Waals surface area contributed by atoms with Crippen molar-refractivity contribution in [3.8, 4) is 0 Å². The fraction of sp³-hybridized carbons (Fsp3) is 0.923. The summed E-state index contributed by atoms with van der Waals surface area (Å²) in [5.41, 5.74) is 5.29. The van der Waals surface area contributed by atoms with Crippen LogP contribution in [-0.4, -0.2) is 37.5 Å². The summed E-state index contributed by atoms with van der Waals surface area (Å²) >= 11 is 0. The molecular weight excluding hydrogens is 232 g/mol. The maximum atomic E-state index is 12.2. The third-order valence-electron chi connectivity index (χ3n) is 3.78. The highest BCUT2D eigenvalue weighted by Gasteiger charge is 2.36. The molecule has 3 N–H and O–H groups in total. The highest BCUT2D eigenvalue weighted by Crippen LogP contribution is 2.26. The first-order chi connectivity index (χ1) is 8.39. The van der Waals surface area contributed by atoms with Crippen LogP contribution in [0, 0.1) is 5.41 Å². The van der Waals surface area contributed by atoms with E-state index in [1.807, 2.05) is 27.7 Å². The summed E-state index contributed by atoms with van der Waals surface area (Å²) in [5, 5.41) is 2.93. The summed E-state index contributed by atoms with van der Waals surface area (Å²) < 4.78 is 11.1. The molecule has 1 atom stereocenters. The summed E-state index contributed by atoms with van der Waals surface area (Å²) in [5.74, 6) is -0.529. The minimum atomic E-state index is -0.546. The van der Waals surface area contributed by atoms with Gasteiger partial charge in [0.25, 0.3) is 0 Å². The molecule has 1 heterocycles. The van der Waals surface area contributed by atoms with Crippen molar-refractivity contribution in [1.82, 2.24) is 5.32 Å². The quantitative estimate of drug-likeness (QED) is 0.746. The smallest absolute Gasteiger partial charge is 0.227 e. The van der Waals surface area contributed by atoms with Crippen LogP contribution >= 0.6 is 0 Å². The van der Waals surface area contributed by atoms with Crippen LogP contribution in [0.2, 0.25) is 0 Å². The van der Waals surface area contributed by atoms with Crippen LogP contribution in [0.5, 0.6) is 0 Å². The van der Waals surface area contributed by atoms with Gasteiger partial charge in [0, 0.05) is 13.1 Å². The first kappa shape index (κ1) is 15.4. The first-order valence-electron chi connectivity index (χ1n) is 6.69. The lowest BCUT2D eigenvalue weighted by Crippen LogP contribution is -2.47. The normalized spacial score (nSPS) is 23.1. The number of ether oxygens (including phenoxy) is 2. The van der Waals surface area contributed by atoms with Gasteiger partial charge in [-0.1, -0.05) is 13.8 Å². The van der Waals surface area contributed by atoms with E-state index in [2.05, 4.69) is 5.32 Å². The SMILES string of the molecule is CCC(CC)(CN)C(=O)NCC1COC(C)(C)O1. The Labute approximate surface area is 109 Å². The van der Waals surface area contributed by atoms with Crippen LogP contribution in [0.25, 0.3) is 0 Å². The molecule has 5 heteroatoms. The predicted octanol–water partition coefficient (Wildman–Crippen LogP) is 1.02. The lowest BCUT2D eigenvalue weighted by atomic mass is 9.81. The molecule has 5 nitrogen and oxygen atoms in total. The van der Waals surface area contributed by atoms with E-state index in [-0.39, 0.29) is 12.0 Å². The minimum absolute atomic E-state index is 0.0170. The molecule has 0 aromatic carbocycles. The van der Waals surface area contributed by atoms with Gasteiger partial charge in [-0.05, 0) is 26.7 Å². The van der Waals surface area contributed by atoms with E-state index in [0.29, 0.717) is 19.7 Å². The zero-order chi connectivity index (χ0) is 13.8. The van der Waals surface area contributed by atoms with Crippen LogP contribution in [0.15, 0.2) is 0 Å². The molecule has 1 unspecified atom stereocenters. The highest BCUT2D eigenvalue weighted by atomic mass is 16.7.